The van der Waals surface area contributed by atoms with Gasteiger partial charge < -0.3 is 10.7 Å². The smallest absolute Gasteiger partial charge is 0.340 e. The maximum absolute atomic E-state index is 12.2. The minimum absolute atomic E-state index is 0.229. The number of alkyl halides is 3. The van der Waals surface area contributed by atoms with Crippen LogP contribution < -0.4 is 5.73 Å². The van der Waals surface area contributed by atoms with Gasteiger partial charge in [-0.3, -0.25) is 0 Å². The van der Waals surface area contributed by atoms with Crippen LogP contribution in [0.1, 0.15) is 0 Å². The summed E-state index contributed by atoms with van der Waals surface area (Å²) in [5.41, 5.74) is 4.99. The van der Waals surface area contributed by atoms with E-state index in [2.05, 4.69) is 9.97 Å². The van der Waals surface area contributed by atoms with Gasteiger partial charge in [-0.05, 0) is 0 Å². The van der Waals surface area contributed by atoms with Gasteiger partial charge in [0.05, 0.1) is 0 Å². The first-order chi connectivity index (χ1) is 6.04. The number of hydrogen-bond acceptors (Lipinski definition) is 3. The van der Waals surface area contributed by atoms with Gasteiger partial charge in [0.1, 0.15) is 5.25 Å². The number of aromatic nitrogens is 2. The molecular weight excluding hydrogens is 203 g/mol. The SMILES string of the molecule is NCC(Sc1ncc[nH]1)C(F)(F)F. The minimum Gasteiger partial charge on any atom is -0.340 e. The first-order valence-corrected chi connectivity index (χ1v) is 4.35. The van der Waals surface area contributed by atoms with Crippen molar-refractivity contribution < 1.29 is 13.2 Å². The van der Waals surface area contributed by atoms with Crippen molar-refractivity contribution in [2.75, 3.05) is 6.54 Å². The molecule has 7 heteroatoms. The molecule has 0 saturated carbocycles. The Bertz CT molecular complexity index is 246. The molecule has 13 heavy (non-hydrogen) atoms. The third-order valence-corrected chi connectivity index (χ3v) is 2.50. The highest BCUT2D eigenvalue weighted by Gasteiger charge is 2.39. The van der Waals surface area contributed by atoms with Gasteiger partial charge in [-0.2, -0.15) is 13.2 Å². The van der Waals surface area contributed by atoms with E-state index in [9.17, 15) is 13.2 Å². The van der Waals surface area contributed by atoms with E-state index in [1.54, 1.807) is 0 Å². The van der Waals surface area contributed by atoms with Crippen molar-refractivity contribution in [3.63, 3.8) is 0 Å². The topological polar surface area (TPSA) is 54.7 Å². The maximum atomic E-state index is 12.2. The fourth-order valence-electron chi connectivity index (χ4n) is 0.699. The molecule has 0 radical (unpaired) electrons. The summed E-state index contributed by atoms with van der Waals surface area (Å²) in [5, 5.41) is -1.37. The van der Waals surface area contributed by atoms with Gasteiger partial charge in [0.2, 0.25) is 0 Å². The van der Waals surface area contributed by atoms with Gasteiger partial charge in [0.25, 0.3) is 0 Å². The lowest BCUT2D eigenvalue weighted by molar-refractivity contribution is -0.126. The van der Waals surface area contributed by atoms with Crippen LogP contribution in [0.15, 0.2) is 17.6 Å². The highest BCUT2D eigenvalue weighted by Crippen LogP contribution is 2.32. The lowest BCUT2D eigenvalue weighted by Gasteiger charge is -2.15. The summed E-state index contributed by atoms with van der Waals surface area (Å²) in [6, 6.07) is 0. The van der Waals surface area contributed by atoms with Crippen LogP contribution in [0.4, 0.5) is 13.2 Å². The summed E-state index contributed by atoms with van der Waals surface area (Å²) in [6.07, 6.45) is -1.43. The Balaban J connectivity index is 2.60. The van der Waals surface area contributed by atoms with Crippen molar-refractivity contribution in [2.24, 2.45) is 5.73 Å². The Hall–Kier alpha value is -0.690. The van der Waals surface area contributed by atoms with Crippen LogP contribution in [0, 0.1) is 0 Å². The molecule has 0 aromatic carbocycles. The summed E-state index contributed by atoms with van der Waals surface area (Å²) in [7, 11) is 0. The predicted molar refractivity (Wildman–Crippen MR) is 43.3 cm³/mol. The molecule has 1 heterocycles. The number of rotatable bonds is 3. The summed E-state index contributed by atoms with van der Waals surface area (Å²) in [4.78, 5) is 6.24. The molecule has 1 aromatic heterocycles. The number of halogens is 3. The zero-order chi connectivity index (χ0) is 9.90. The maximum Gasteiger partial charge on any atom is 0.402 e. The molecule has 0 saturated heterocycles. The Labute approximate surface area is 76.9 Å². The Morgan fingerprint density at radius 3 is 2.69 bits per heavy atom. The highest BCUT2D eigenvalue weighted by molar-refractivity contribution is 7.99. The van der Waals surface area contributed by atoms with Crippen LogP contribution in [0.2, 0.25) is 0 Å². The third kappa shape index (κ3) is 2.92. The van der Waals surface area contributed by atoms with Crippen molar-refractivity contribution in [1.29, 1.82) is 0 Å². The molecule has 1 unspecified atom stereocenters. The molecule has 1 aromatic rings. The van der Waals surface area contributed by atoms with Crippen LogP contribution in [0.5, 0.6) is 0 Å². The Morgan fingerprint density at radius 1 is 1.62 bits per heavy atom. The van der Waals surface area contributed by atoms with Crippen LogP contribution in [0.25, 0.3) is 0 Å². The van der Waals surface area contributed by atoms with Gasteiger partial charge in [0.15, 0.2) is 5.16 Å². The predicted octanol–water partition coefficient (Wildman–Crippen LogP) is 1.39. The second-order valence-corrected chi connectivity index (χ2v) is 3.47. The number of imidazole rings is 1. The fourth-order valence-corrected chi connectivity index (χ4v) is 1.46. The van der Waals surface area contributed by atoms with Crippen molar-refractivity contribution in [3.8, 4) is 0 Å². The number of aromatic amines is 1. The summed E-state index contributed by atoms with van der Waals surface area (Å²) >= 11 is 0.586. The molecule has 74 valence electrons. The quantitative estimate of drug-likeness (QED) is 0.743. The van der Waals surface area contributed by atoms with E-state index in [1.807, 2.05) is 0 Å². The van der Waals surface area contributed by atoms with Crippen molar-refractivity contribution >= 4 is 11.8 Å². The lowest BCUT2D eigenvalue weighted by atomic mass is 10.4. The molecule has 0 aliphatic heterocycles. The van der Waals surface area contributed by atoms with E-state index in [-0.39, 0.29) is 5.16 Å². The van der Waals surface area contributed by atoms with Crippen molar-refractivity contribution in [1.82, 2.24) is 9.97 Å². The molecule has 1 atom stereocenters. The van der Waals surface area contributed by atoms with Crippen molar-refractivity contribution in [3.05, 3.63) is 12.4 Å². The van der Waals surface area contributed by atoms with Crippen molar-refractivity contribution in [2.45, 2.75) is 16.6 Å². The van der Waals surface area contributed by atoms with Crippen LogP contribution in [-0.4, -0.2) is 27.9 Å². The lowest BCUT2D eigenvalue weighted by Crippen LogP contribution is -2.33. The van der Waals surface area contributed by atoms with Crippen LogP contribution in [0.3, 0.4) is 0 Å². The standard InChI is InChI=1S/C6H8F3N3S/c7-6(8,9)4(3-10)13-5-11-1-2-12-5/h1-2,4H,3,10H2,(H,11,12). The van der Waals surface area contributed by atoms with Gasteiger partial charge in [-0.1, -0.05) is 11.8 Å². The third-order valence-electron chi connectivity index (χ3n) is 1.31. The molecule has 0 aliphatic rings. The largest absolute Gasteiger partial charge is 0.402 e. The second kappa shape index (κ2) is 4.01. The van der Waals surface area contributed by atoms with E-state index >= 15 is 0 Å². The van der Waals surface area contributed by atoms with E-state index < -0.39 is 18.0 Å². The molecular formula is C6H8F3N3S. The zero-order valence-electron chi connectivity index (χ0n) is 6.51. The number of nitrogens with two attached hydrogens (primary N) is 1. The van der Waals surface area contributed by atoms with E-state index in [0.717, 1.165) is 0 Å². The minimum atomic E-state index is -4.29. The van der Waals surface area contributed by atoms with E-state index in [1.165, 1.54) is 12.4 Å². The number of nitrogens with zero attached hydrogens (tertiary/aromatic N) is 1. The summed E-state index contributed by atoms with van der Waals surface area (Å²) in [5.74, 6) is 0. The number of hydrogen-bond donors (Lipinski definition) is 2. The van der Waals surface area contributed by atoms with E-state index in [4.69, 9.17) is 5.73 Å². The zero-order valence-corrected chi connectivity index (χ0v) is 7.32. The molecule has 3 nitrogen and oxygen atoms in total. The second-order valence-electron chi connectivity index (χ2n) is 2.28. The number of thioether (sulfide) groups is 1. The van der Waals surface area contributed by atoms with Gasteiger partial charge in [0, 0.05) is 18.9 Å². The molecule has 3 N–H and O–H groups in total. The van der Waals surface area contributed by atoms with Gasteiger partial charge >= 0.3 is 6.18 Å². The highest BCUT2D eigenvalue weighted by atomic mass is 32.2. The Morgan fingerprint density at radius 2 is 2.31 bits per heavy atom. The number of H-pyrrole nitrogens is 1. The van der Waals surface area contributed by atoms with Gasteiger partial charge in [-0.25, -0.2) is 4.98 Å². The normalized spacial score (nSPS) is 14.5. The van der Waals surface area contributed by atoms with Crippen LogP contribution in [-0.2, 0) is 0 Å². The molecule has 1 rings (SSSR count). The first-order valence-electron chi connectivity index (χ1n) is 3.47. The molecule has 0 aliphatic carbocycles. The van der Waals surface area contributed by atoms with E-state index in [0.29, 0.717) is 11.8 Å². The summed E-state index contributed by atoms with van der Waals surface area (Å²) in [6.45, 7) is -0.450. The van der Waals surface area contributed by atoms with Gasteiger partial charge in [-0.15, -0.1) is 0 Å². The molecule has 0 spiro atoms. The fraction of sp³-hybridized carbons (Fsp3) is 0.500. The monoisotopic (exact) mass is 211 g/mol. The van der Waals surface area contributed by atoms with Crippen LogP contribution >= 0.6 is 11.8 Å². The Kier molecular flexibility index (Phi) is 3.21. The molecule has 0 fully saturated rings. The average molecular weight is 211 g/mol. The number of nitrogens with one attached hydrogen (secondary N) is 1. The molecule has 0 bridgehead atoms. The summed E-state index contributed by atoms with van der Waals surface area (Å²) < 4.78 is 36.5. The first kappa shape index (κ1) is 10.4. The molecule has 0 amide bonds. The average Bonchev–Trinajstić information content (AvgIpc) is 2.49.